The first-order chi connectivity index (χ1) is 8.49. The third-order valence-electron chi connectivity index (χ3n) is 3.59. The van der Waals surface area contributed by atoms with Crippen LogP contribution in [0, 0.1) is 11.8 Å². The molecule has 1 amide bonds. The van der Waals surface area contributed by atoms with Gasteiger partial charge >= 0.3 is 0 Å². The van der Waals surface area contributed by atoms with Crippen LogP contribution in [0.4, 0.5) is 0 Å². The second kappa shape index (κ2) is 6.55. The van der Waals surface area contributed by atoms with E-state index < -0.39 is 0 Å². The topological polar surface area (TPSA) is 46.3 Å². The van der Waals surface area contributed by atoms with Crippen molar-refractivity contribution in [3.05, 3.63) is 35.9 Å². The Morgan fingerprint density at radius 1 is 1.22 bits per heavy atom. The van der Waals surface area contributed by atoms with Gasteiger partial charge in [0.05, 0.1) is 12.0 Å². The smallest absolute Gasteiger partial charge is 0.227 e. The molecule has 2 atom stereocenters. The van der Waals surface area contributed by atoms with Gasteiger partial charge < -0.3 is 10.6 Å². The molecule has 1 rings (SSSR count). The SMILES string of the molecule is CC(C)C(CN)C(=O)N(C)C(C)c1ccccc1. The van der Waals surface area contributed by atoms with E-state index in [0.717, 1.165) is 5.56 Å². The Kier molecular flexibility index (Phi) is 5.35. The number of carbonyl (C=O) groups is 1. The van der Waals surface area contributed by atoms with Crippen molar-refractivity contribution in [2.24, 2.45) is 17.6 Å². The minimum Gasteiger partial charge on any atom is -0.339 e. The quantitative estimate of drug-likeness (QED) is 0.870. The van der Waals surface area contributed by atoms with Crippen molar-refractivity contribution in [3.63, 3.8) is 0 Å². The number of carbonyl (C=O) groups excluding carboxylic acids is 1. The molecule has 0 fully saturated rings. The van der Waals surface area contributed by atoms with Gasteiger partial charge in [0.2, 0.25) is 5.91 Å². The van der Waals surface area contributed by atoms with Crippen molar-refractivity contribution in [2.45, 2.75) is 26.8 Å². The highest BCUT2D eigenvalue weighted by molar-refractivity contribution is 5.79. The number of nitrogens with zero attached hydrogens (tertiary/aromatic N) is 1. The molecular formula is C15H24N2O. The molecule has 0 spiro atoms. The van der Waals surface area contributed by atoms with Gasteiger partial charge in [0.15, 0.2) is 0 Å². The number of nitrogens with two attached hydrogens (primary N) is 1. The number of amides is 1. The Bertz CT molecular complexity index is 375. The van der Waals surface area contributed by atoms with Crippen LogP contribution in [0.2, 0.25) is 0 Å². The molecular weight excluding hydrogens is 224 g/mol. The lowest BCUT2D eigenvalue weighted by Gasteiger charge is -2.30. The van der Waals surface area contributed by atoms with Crippen molar-refractivity contribution in [1.29, 1.82) is 0 Å². The maximum atomic E-state index is 12.4. The minimum absolute atomic E-state index is 0.0755. The van der Waals surface area contributed by atoms with Gasteiger partial charge in [-0.3, -0.25) is 4.79 Å². The molecule has 3 heteroatoms. The van der Waals surface area contributed by atoms with Gasteiger partial charge in [-0.1, -0.05) is 44.2 Å². The summed E-state index contributed by atoms with van der Waals surface area (Å²) in [5.41, 5.74) is 6.85. The Balaban J connectivity index is 2.81. The summed E-state index contributed by atoms with van der Waals surface area (Å²) in [6.07, 6.45) is 0. The predicted octanol–water partition coefficient (Wildman–Crippen LogP) is 2.44. The van der Waals surface area contributed by atoms with Crippen molar-refractivity contribution in [2.75, 3.05) is 13.6 Å². The van der Waals surface area contributed by atoms with Crippen LogP contribution in [0.15, 0.2) is 30.3 Å². The Labute approximate surface area is 110 Å². The first-order valence-corrected chi connectivity index (χ1v) is 6.50. The lowest BCUT2D eigenvalue weighted by molar-refractivity contribution is -0.137. The number of hydrogen-bond donors (Lipinski definition) is 1. The summed E-state index contributed by atoms with van der Waals surface area (Å²) in [7, 11) is 1.85. The summed E-state index contributed by atoms with van der Waals surface area (Å²) in [4.78, 5) is 14.2. The molecule has 0 radical (unpaired) electrons. The van der Waals surface area contributed by atoms with Crippen LogP contribution in [0.1, 0.15) is 32.4 Å². The maximum absolute atomic E-state index is 12.4. The molecule has 2 N–H and O–H groups in total. The van der Waals surface area contributed by atoms with Gasteiger partial charge in [-0.2, -0.15) is 0 Å². The van der Waals surface area contributed by atoms with Crippen LogP contribution >= 0.6 is 0 Å². The van der Waals surface area contributed by atoms with Crippen LogP contribution in [0.3, 0.4) is 0 Å². The molecule has 0 aromatic heterocycles. The molecule has 3 nitrogen and oxygen atoms in total. The van der Waals surface area contributed by atoms with E-state index in [1.54, 1.807) is 4.90 Å². The summed E-state index contributed by atoms with van der Waals surface area (Å²) in [6, 6.07) is 10.1. The normalized spacial score (nSPS) is 14.3. The molecule has 0 bridgehead atoms. The standard InChI is InChI=1S/C15H24N2O/c1-11(2)14(10-16)15(18)17(4)12(3)13-8-6-5-7-9-13/h5-9,11-12,14H,10,16H2,1-4H3. The fourth-order valence-corrected chi connectivity index (χ4v) is 2.07. The second-order valence-electron chi connectivity index (χ2n) is 5.12. The Morgan fingerprint density at radius 3 is 2.22 bits per heavy atom. The molecule has 18 heavy (non-hydrogen) atoms. The van der Waals surface area contributed by atoms with E-state index in [1.165, 1.54) is 0 Å². The lowest BCUT2D eigenvalue weighted by atomic mass is 9.93. The monoisotopic (exact) mass is 248 g/mol. The average molecular weight is 248 g/mol. The average Bonchev–Trinajstić information content (AvgIpc) is 2.38. The number of benzene rings is 1. The first-order valence-electron chi connectivity index (χ1n) is 6.50. The van der Waals surface area contributed by atoms with Gasteiger partial charge in [-0.25, -0.2) is 0 Å². The van der Waals surface area contributed by atoms with E-state index in [1.807, 2.05) is 58.2 Å². The van der Waals surface area contributed by atoms with Crippen molar-refractivity contribution >= 4 is 5.91 Å². The van der Waals surface area contributed by atoms with Gasteiger partial charge in [-0.15, -0.1) is 0 Å². The fraction of sp³-hybridized carbons (Fsp3) is 0.533. The summed E-state index contributed by atoms with van der Waals surface area (Å²) < 4.78 is 0. The minimum atomic E-state index is -0.0961. The maximum Gasteiger partial charge on any atom is 0.227 e. The van der Waals surface area contributed by atoms with E-state index in [4.69, 9.17) is 5.73 Å². The summed E-state index contributed by atoms with van der Waals surface area (Å²) >= 11 is 0. The van der Waals surface area contributed by atoms with E-state index in [2.05, 4.69) is 0 Å². The largest absolute Gasteiger partial charge is 0.339 e. The van der Waals surface area contributed by atoms with Crippen LogP contribution in [-0.2, 0) is 4.79 Å². The van der Waals surface area contributed by atoms with E-state index in [-0.39, 0.29) is 23.8 Å². The van der Waals surface area contributed by atoms with Crippen molar-refractivity contribution in [3.8, 4) is 0 Å². The summed E-state index contributed by atoms with van der Waals surface area (Å²) in [5.74, 6) is 0.304. The zero-order chi connectivity index (χ0) is 13.7. The highest BCUT2D eigenvalue weighted by Crippen LogP contribution is 2.22. The van der Waals surface area contributed by atoms with Crippen LogP contribution in [-0.4, -0.2) is 24.4 Å². The fourth-order valence-electron chi connectivity index (χ4n) is 2.07. The first kappa shape index (κ1) is 14.7. The van der Waals surface area contributed by atoms with E-state index in [0.29, 0.717) is 6.54 Å². The molecule has 0 aliphatic carbocycles. The molecule has 0 aliphatic heterocycles. The van der Waals surface area contributed by atoms with Crippen molar-refractivity contribution in [1.82, 2.24) is 4.90 Å². The third kappa shape index (κ3) is 3.33. The molecule has 100 valence electrons. The van der Waals surface area contributed by atoms with E-state index >= 15 is 0 Å². The molecule has 0 saturated heterocycles. The number of hydrogen-bond acceptors (Lipinski definition) is 2. The Morgan fingerprint density at radius 2 is 1.78 bits per heavy atom. The molecule has 0 heterocycles. The molecule has 0 saturated carbocycles. The molecule has 1 aromatic rings. The third-order valence-corrected chi connectivity index (χ3v) is 3.59. The lowest BCUT2D eigenvalue weighted by Crippen LogP contribution is -2.40. The van der Waals surface area contributed by atoms with Crippen LogP contribution in [0.25, 0.3) is 0 Å². The second-order valence-corrected chi connectivity index (χ2v) is 5.12. The summed E-state index contributed by atoms with van der Waals surface area (Å²) in [6.45, 7) is 6.52. The van der Waals surface area contributed by atoms with Gasteiger partial charge in [0.25, 0.3) is 0 Å². The van der Waals surface area contributed by atoms with Gasteiger partial charge in [-0.05, 0) is 18.4 Å². The predicted molar refractivity (Wildman–Crippen MR) is 75.0 cm³/mol. The zero-order valence-corrected chi connectivity index (χ0v) is 11.8. The Hall–Kier alpha value is -1.35. The zero-order valence-electron chi connectivity index (χ0n) is 11.8. The molecule has 0 aliphatic rings. The highest BCUT2D eigenvalue weighted by Gasteiger charge is 2.26. The van der Waals surface area contributed by atoms with Crippen molar-refractivity contribution < 1.29 is 4.79 Å². The highest BCUT2D eigenvalue weighted by atomic mass is 16.2. The van der Waals surface area contributed by atoms with Gasteiger partial charge in [0, 0.05) is 13.6 Å². The van der Waals surface area contributed by atoms with Crippen LogP contribution in [0.5, 0.6) is 0 Å². The van der Waals surface area contributed by atoms with Crippen LogP contribution < -0.4 is 5.73 Å². The molecule has 1 aromatic carbocycles. The summed E-state index contributed by atoms with van der Waals surface area (Å²) in [5, 5.41) is 0. The number of rotatable bonds is 5. The molecule has 2 unspecified atom stereocenters. The van der Waals surface area contributed by atoms with Gasteiger partial charge in [0.1, 0.15) is 0 Å². The van der Waals surface area contributed by atoms with E-state index in [9.17, 15) is 4.79 Å².